The lowest BCUT2D eigenvalue weighted by Crippen LogP contribution is -2.29. The highest BCUT2D eigenvalue weighted by atomic mass is 16.3. The van der Waals surface area contributed by atoms with Gasteiger partial charge in [-0.15, -0.1) is 0 Å². The summed E-state index contributed by atoms with van der Waals surface area (Å²) < 4.78 is 3.39. The Kier molecular flexibility index (Phi) is 5.72. The monoisotopic (exact) mass is 411 g/mol. The predicted octanol–water partition coefficient (Wildman–Crippen LogP) is 0.591. The van der Waals surface area contributed by atoms with E-state index in [0.29, 0.717) is 41.3 Å². The lowest BCUT2D eigenvalue weighted by atomic mass is 10.2. The Balaban J connectivity index is 1.73. The number of aliphatic hydroxyl groups excluding tert-OH is 2. The number of hydrogen-bond acceptors (Lipinski definition) is 9. The molecule has 0 aromatic carbocycles. The Morgan fingerprint density at radius 2 is 2.03 bits per heavy atom. The van der Waals surface area contributed by atoms with Crippen LogP contribution in [0.4, 0.5) is 11.8 Å². The second kappa shape index (κ2) is 8.59. The van der Waals surface area contributed by atoms with Gasteiger partial charge in [-0.25, -0.2) is 14.5 Å². The van der Waals surface area contributed by atoms with Crippen LogP contribution < -0.4 is 10.6 Å². The van der Waals surface area contributed by atoms with Crippen molar-refractivity contribution in [2.45, 2.75) is 32.9 Å². The van der Waals surface area contributed by atoms with Crippen LogP contribution in [0.3, 0.4) is 0 Å². The molecule has 0 fully saturated rings. The molecule has 11 nitrogen and oxygen atoms in total. The fourth-order valence-electron chi connectivity index (χ4n) is 3.49. The number of pyridine rings is 1. The number of hydrogen-bond donors (Lipinski definition) is 3. The maximum absolute atomic E-state index is 9.49. The molecule has 4 aromatic rings. The summed E-state index contributed by atoms with van der Waals surface area (Å²) in [6.07, 6.45) is 5.27. The van der Waals surface area contributed by atoms with Gasteiger partial charge in [0.25, 0.3) is 0 Å². The standard InChI is InChI=1S/C19H25N9O2/c1-2-3-6-26(7-8-29)18-16-15(23-19(20)24-18)10-27(25-16)9-13-4-5-14(11-30)28-17(13)21-12-22-28/h4-5,10,12,29-30H,2-3,6-9,11H2,1H3,(H2,20,23). The summed E-state index contributed by atoms with van der Waals surface area (Å²) in [6.45, 7) is 3.64. The van der Waals surface area contributed by atoms with Crippen molar-refractivity contribution in [2.24, 2.45) is 0 Å². The Bertz CT molecular complexity index is 1150. The summed E-state index contributed by atoms with van der Waals surface area (Å²) in [6, 6.07) is 3.72. The summed E-state index contributed by atoms with van der Waals surface area (Å²) in [7, 11) is 0. The van der Waals surface area contributed by atoms with Crippen molar-refractivity contribution in [3.05, 3.63) is 35.9 Å². The highest BCUT2D eigenvalue weighted by Gasteiger charge is 2.18. The molecule has 0 bridgehead atoms. The largest absolute Gasteiger partial charge is 0.395 e. The minimum Gasteiger partial charge on any atom is -0.395 e. The Hall–Kier alpha value is -3.31. The molecule has 4 rings (SSSR count). The van der Waals surface area contributed by atoms with E-state index < -0.39 is 0 Å². The highest BCUT2D eigenvalue weighted by Crippen LogP contribution is 2.24. The molecular weight excluding hydrogens is 386 g/mol. The number of nitrogens with two attached hydrogens (primary N) is 1. The third-order valence-corrected chi connectivity index (χ3v) is 4.94. The van der Waals surface area contributed by atoms with Gasteiger partial charge in [-0.3, -0.25) is 4.68 Å². The van der Waals surface area contributed by atoms with Gasteiger partial charge >= 0.3 is 0 Å². The molecule has 0 spiro atoms. The van der Waals surface area contributed by atoms with Gasteiger partial charge in [-0.1, -0.05) is 19.4 Å². The lowest BCUT2D eigenvalue weighted by Gasteiger charge is -2.22. The van der Waals surface area contributed by atoms with Gasteiger partial charge in [0, 0.05) is 18.7 Å². The first-order chi connectivity index (χ1) is 14.6. The maximum atomic E-state index is 9.49. The predicted molar refractivity (Wildman–Crippen MR) is 112 cm³/mol. The van der Waals surface area contributed by atoms with Crippen LogP contribution in [-0.2, 0) is 13.2 Å². The van der Waals surface area contributed by atoms with Crippen molar-refractivity contribution < 1.29 is 10.2 Å². The van der Waals surface area contributed by atoms with Gasteiger partial charge in [0.15, 0.2) is 17.0 Å². The molecule has 158 valence electrons. The number of nitrogen functional groups attached to an aromatic ring is 1. The zero-order valence-corrected chi connectivity index (χ0v) is 16.8. The van der Waals surface area contributed by atoms with Crippen molar-refractivity contribution in [1.82, 2.24) is 34.3 Å². The lowest BCUT2D eigenvalue weighted by molar-refractivity contribution is 0.273. The summed E-state index contributed by atoms with van der Waals surface area (Å²) >= 11 is 0. The van der Waals surface area contributed by atoms with Crippen LogP contribution in [0, 0.1) is 0 Å². The van der Waals surface area contributed by atoms with Gasteiger partial charge in [0.1, 0.15) is 11.8 Å². The fraction of sp³-hybridized carbons (Fsp3) is 0.421. The number of aliphatic hydroxyl groups is 2. The number of nitrogens with zero attached hydrogens (tertiary/aromatic N) is 8. The van der Waals surface area contributed by atoms with E-state index in [-0.39, 0.29) is 19.2 Å². The van der Waals surface area contributed by atoms with E-state index in [1.165, 1.54) is 6.33 Å². The normalized spacial score (nSPS) is 11.6. The van der Waals surface area contributed by atoms with Crippen LogP contribution in [0.15, 0.2) is 24.7 Å². The smallest absolute Gasteiger partial charge is 0.222 e. The molecule has 4 aromatic heterocycles. The van der Waals surface area contributed by atoms with E-state index in [9.17, 15) is 10.2 Å². The van der Waals surface area contributed by atoms with E-state index in [0.717, 1.165) is 24.9 Å². The molecular formula is C19H25N9O2. The van der Waals surface area contributed by atoms with Crippen molar-refractivity contribution in [3.8, 4) is 0 Å². The molecule has 30 heavy (non-hydrogen) atoms. The molecule has 0 unspecified atom stereocenters. The molecule has 0 aliphatic carbocycles. The molecule has 0 aliphatic heterocycles. The molecule has 0 amide bonds. The van der Waals surface area contributed by atoms with E-state index in [4.69, 9.17) is 10.8 Å². The van der Waals surface area contributed by atoms with E-state index in [2.05, 4.69) is 27.0 Å². The maximum Gasteiger partial charge on any atom is 0.222 e. The Morgan fingerprint density at radius 3 is 2.80 bits per heavy atom. The van der Waals surface area contributed by atoms with E-state index in [1.54, 1.807) is 9.20 Å². The summed E-state index contributed by atoms with van der Waals surface area (Å²) in [5.74, 6) is 0.797. The Labute approximate surface area is 172 Å². The second-order valence-corrected chi connectivity index (χ2v) is 7.03. The van der Waals surface area contributed by atoms with E-state index >= 15 is 0 Å². The summed E-state index contributed by atoms with van der Waals surface area (Å²) in [4.78, 5) is 15.0. The molecule has 11 heteroatoms. The average Bonchev–Trinajstić information content (AvgIpc) is 3.38. The topological polar surface area (TPSA) is 144 Å². The van der Waals surface area contributed by atoms with Crippen molar-refractivity contribution in [1.29, 1.82) is 0 Å². The zero-order valence-electron chi connectivity index (χ0n) is 16.8. The molecule has 0 aliphatic rings. The number of rotatable bonds is 9. The number of unbranched alkanes of at least 4 members (excludes halogenated alkanes) is 1. The minimum absolute atomic E-state index is 0.0118. The van der Waals surface area contributed by atoms with E-state index in [1.807, 2.05) is 23.2 Å². The summed E-state index contributed by atoms with van der Waals surface area (Å²) in [5.41, 5.74) is 9.45. The molecule has 4 heterocycles. The molecule has 0 radical (unpaired) electrons. The quantitative estimate of drug-likeness (QED) is 0.360. The van der Waals surface area contributed by atoms with Gasteiger partial charge in [0.05, 0.1) is 31.6 Å². The van der Waals surface area contributed by atoms with Crippen LogP contribution in [-0.4, -0.2) is 64.3 Å². The highest BCUT2D eigenvalue weighted by molar-refractivity contribution is 5.86. The molecule has 0 atom stereocenters. The molecule has 4 N–H and O–H groups in total. The molecule has 0 saturated carbocycles. The van der Waals surface area contributed by atoms with Gasteiger partial charge in [-0.05, 0) is 12.5 Å². The van der Waals surface area contributed by atoms with Crippen LogP contribution in [0.5, 0.6) is 0 Å². The summed E-state index contributed by atoms with van der Waals surface area (Å²) in [5, 5.41) is 27.9. The van der Waals surface area contributed by atoms with Crippen molar-refractivity contribution in [2.75, 3.05) is 30.3 Å². The van der Waals surface area contributed by atoms with Gasteiger partial charge in [-0.2, -0.15) is 15.2 Å². The van der Waals surface area contributed by atoms with Crippen molar-refractivity contribution in [3.63, 3.8) is 0 Å². The number of aromatic nitrogens is 7. The van der Waals surface area contributed by atoms with Crippen LogP contribution >= 0.6 is 0 Å². The Morgan fingerprint density at radius 1 is 1.17 bits per heavy atom. The van der Waals surface area contributed by atoms with Gasteiger partial charge < -0.3 is 20.8 Å². The third-order valence-electron chi connectivity index (χ3n) is 4.94. The molecule has 0 saturated heterocycles. The van der Waals surface area contributed by atoms with Crippen molar-refractivity contribution >= 4 is 28.4 Å². The van der Waals surface area contributed by atoms with Gasteiger partial charge in [0.2, 0.25) is 5.95 Å². The number of anilines is 2. The van der Waals surface area contributed by atoms with Crippen LogP contribution in [0.2, 0.25) is 0 Å². The first-order valence-corrected chi connectivity index (χ1v) is 9.92. The number of fused-ring (bicyclic) bond motifs is 2. The first kappa shape index (κ1) is 20.0. The minimum atomic E-state index is -0.123. The SMILES string of the molecule is CCCCN(CCO)c1nc(N)nc2cn(Cc3ccc(CO)n4ncnc34)nc12. The average molecular weight is 411 g/mol. The fourth-order valence-corrected chi connectivity index (χ4v) is 3.49. The first-order valence-electron chi connectivity index (χ1n) is 9.92. The third kappa shape index (κ3) is 3.76. The zero-order chi connectivity index (χ0) is 21.1. The van der Waals surface area contributed by atoms with Crippen LogP contribution in [0.25, 0.3) is 16.7 Å². The second-order valence-electron chi connectivity index (χ2n) is 7.03. The van der Waals surface area contributed by atoms with Crippen LogP contribution in [0.1, 0.15) is 31.0 Å².